The Morgan fingerprint density at radius 3 is 2.53 bits per heavy atom. The topological polar surface area (TPSA) is 115 Å². The lowest BCUT2D eigenvalue weighted by Crippen LogP contribution is -2.34. The summed E-state index contributed by atoms with van der Waals surface area (Å²) < 4.78 is 67.8. The number of anilines is 1. The molecule has 2 heterocycles. The van der Waals surface area contributed by atoms with E-state index in [-0.39, 0.29) is 46.8 Å². The Labute approximate surface area is 225 Å². The standard InChI is InChI=1S/C24H34F3N5O4S2/c1-5-32-22(18-14-29-20(12-19(18)36-3)28-10-11-37-24(25,26)27)15(2)21(31-32)23(33)30-13-16-6-8-17(9-7-16)38(4,34)35/h12,14,16-17H,5-11,13H2,1-4H3,(H,28,29)(H,30,33)/t16-,17-. The maximum atomic E-state index is 13.0. The molecular formula is C24H34F3N5O4S2. The molecule has 2 N–H and O–H groups in total. The number of halogens is 3. The van der Waals surface area contributed by atoms with Crippen LogP contribution < -0.4 is 15.4 Å². The highest BCUT2D eigenvalue weighted by Crippen LogP contribution is 2.35. The normalized spacial score (nSPS) is 18.3. The number of aryl methyl sites for hydroxylation is 1. The average Bonchev–Trinajstić information content (AvgIpc) is 3.20. The maximum absolute atomic E-state index is 13.0. The Kier molecular flexibility index (Phi) is 9.96. The van der Waals surface area contributed by atoms with E-state index in [4.69, 9.17) is 4.74 Å². The summed E-state index contributed by atoms with van der Waals surface area (Å²) in [5, 5.41) is 10.0. The number of carbonyl (C=O) groups excluding carboxylic acids is 1. The van der Waals surface area contributed by atoms with Gasteiger partial charge in [-0.1, -0.05) is 0 Å². The minimum atomic E-state index is -4.28. The monoisotopic (exact) mass is 577 g/mol. The third-order valence-corrected chi connectivity index (χ3v) is 9.09. The van der Waals surface area contributed by atoms with Crippen LogP contribution in [0.5, 0.6) is 5.75 Å². The van der Waals surface area contributed by atoms with Crippen molar-refractivity contribution >= 4 is 33.3 Å². The van der Waals surface area contributed by atoms with Gasteiger partial charge in [0, 0.05) is 49.5 Å². The van der Waals surface area contributed by atoms with Crippen molar-refractivity contribution in [3.8, 4) is 17.0 Å². The molecule has 0 bridgehead atoms. The van der Waals surface area contributed by atoms with Crippen LogP contribution in [0.4, 0.5) is 19.0 Å². The maximum Gasteiger partial charge on any atom is 0.441 e. The van der Waals surface area contributed by atoms with E-state index in [0.29, 0.717) is 54.3 Å². The molecule has 1 saturated carbocycles. The fourth-order valence-corrected chi connectivity index (χ4v) is 6.21. The number of hydrogen-bond acceptors (Lipinski definition) is 8. The number of ether oxygens (including phenoxy) is 1. The molecule has 0 spiro atoms. The molecule has 14 heteroatoms. The summed E-state index contributed by atoms with van der Waals surface area (Å²) in [6, 6.07) is 1.60. The van der Waals surface area contributed by atoms with Gasteiger partial charge in [-0.15, -0.1) is 0 Å². The van der Waals surface area contributed by atoms with Gasteiger partial charge >= 0.3 is 5.51 Å². The van der Waals surface area contributed by atoms with E-state index < -0.39 is 15.3 Å². The quantitative estimate of drug-likeness (QED) is 0.381. The van der Waals surface area contributed by atoms with Crippen molar-refractivity contribution in [2.75, 3.05) is 37.5 Å². The molecule has 9 nitrogen and oxygen atoms in total. The molecule has 0 radical (unpaired) electrons. The lowest BCUT2D eigenvalue weighted by Gasteiger charge is -2.27. The number of alkyl halides is 3. The molecule has 0 saturated heterocycles. The van der Waals surface area contributed by atoms with Crippen LogP contribution in [0.25, 0.3) is 11.3 Å². The highest BCUT2D eigenvalue weighted by molar-refractivity contribution is 8.00. The van der Waals surface area contributed by atoms with E-state index >= 15 is 0 Å². The van der Waals surface area contributed by atoms with E-state index in [9.17, 15) is 26.4 Å². The first kappa shape index (κ1) is 30.1. The molecule has 3 rings (SSSR count). The summed E-state index contributed by atoms with van der Waals surface area (Å²) in [6.07, 6.45) is 5.51. The lowest BCUT2D eigenvalue weighted by molar-refractivity contribution is -0.0327. The minimum Gasteiger partial charge on any atom is -0.496 e. The summed E-state index contributed by atoms with van der Waals surface area (Å²) in [4.78, 5) is 17.4. The van der Waals surface area contributed by atoms with Gasteiger partial charge < -0.3 is 15.4 Å². The number of carbonyl (C=O) groups is 1. The van der Waals surface area contributed by atoms with Crippen molar-refractivity contribution in [2.45, 2.75) is 56.8 Å². The molecule has 1 aliphatic rings. The number of aromatic nitrogens is 3. The van der Waals surface area contributed by atoms with Crippen LogP contribution in [0.1, 0.15) is 48.7 Å². The third kappa shape index (κ3) is 7.78. The van der Waals surface area contributed by atoms with Crippen LogP contribution in [-0.4, -0.2) is 72.1 Å². The van der Waals surface area contributed by atoms with Crippen LogP contribution in [0.15, 0.2) is 12.3 Å². The summed E-state index contributed by atoms with van der Waals surface area (Å²) >= 11 is -0.106. The number of rotatable bonds is 11. The van der Waals surface area contributed by atoms with Crippen LogP contribution in [-0.2, 0) is 16.4 Å². The highest BCUT2D eigenvalue weighted by atomic mass is 32.2. The number of sulfone groups is 1. The van der Waals surface area contributed by atoms with Gasteiger partial charge in [0.05, 0.1) is 23.6 Å². The Morgan fingerprint density at radius 2 is 1.95 bits per heavy atom. The van der Waals surface area contributed by atoms with Gasteiger partial charge in [-0.3, -0.25) is 9.48 Å². The highest BCUT2D eigenvalue weighted by Gasteiger charge is 2.29. The molecule has 1 aliphatic carbocycles. The predicted octanol–water partition coefficient (Wildman–Crippen LogP) is 4.28. The molecule has 1 amide bonds. The Balaban J connectivity index is 1.70. The van der Waals surface area contributed by atoms with Gasteiger partial charge in [-0.2, -0.15) is 18.3 Å². The van der Waals surface area contributed by atoms with Gasteiger partial charge in [0.2, 0.25) is 0 Å². The summed E-state index contributed by atoms with van der Waals surface area (Å²) in [5.41, 5.74) is -2.09. The van der Waals surface area contributed by atoms with E-state index in [1.807, 2.05) is 6.92 Å². The van der Waals surface area contributed by atoms with E-state index in [0.717, 1.165) is 12.8 Å². The lowest BCUT2D eigenvalue weighted by atomic mass is 9.89. The zero-order valence-electron chi connectivity index (χ0n) is 21.9. The van der Waals surface area contributed by atoms with E-state index in [1.54, 1.807) is 23.9 Å². The van der Waals surface area contributed by atoms with Crippen molar-refractivity contribution in [3.05, 3.63) is 23.5 Å². The molecule has 0 unspecified atom stereocenters. The number of nitrogens with zero attached hydrogens (tertiary/aromatic N) is 3. The van der Waals surface area contributed by atoms with E-state index in [2.05, 4.69) is 20.7 Å². The summed E-state index contributed by atoms with van der Waals surface area (Å²) in [7, 11) is -1.56. The predicted molar refractivity (Wildman–Crippen MR) is 142 cm³/mol. The summed E-state index contributed by atoms with van der Waals surface area (Å²) in [5.74, 6) is 0.557. The molecule has 212 valence electrons. The number of thioether (sulfide) groups is 1. The van der Waals surface area contributed by atoms with Crippen molar-refractivity contribution in [2.24, 2.45) is 5.92 Å². The SMILES string of the molecule is CCn1nc(C(=O)NC[C@H]2CC[C@H](S(C)(=O)=O)CC2)c(C)c1-c1cnc(NCCSC(F)(F)F)cc1OC. The fourth-order valence-electron chi connectivity index (χ4n) is 4.65. The number of hydrogen-bond donors (Lipinski definition) is 2. The van der Waals surface area contributed by atoms with Gasteiger partial charge in [-0.25, -0.2) is 13.4 Å². The molecule has 1 fully saturated rings. The molecule has 0 aliphatic heterocycles. The zero-order chi connectivity index (χ0) is 28.1. The van der Waals surface area contributed by atoms with Crippen molar-refractivity contribution in [1.82, 2.24) is 20.1 Å². The van der Waals surface area contributed by atoms with Crippen LogP contribution in [0.2, 0.25) is 0 Å². The molecular weight excluding hydrogens is 543 g/mol. The fraction of sp³-hybridized carbons (Fsp3) is 0.625. The van der Waals surface area contributed by atoms with Crippen molar-refractivity contribution < 1.29 is 31.1 Å². The molecule has 38 heavy (non-hydrogen) atoms. The number of nitrogens with one attached hydrogen (secondary N) is 2. The smallest absolute Gasteiger partial charge is 0.441 e. The number of methoxy groups -OCH3 is 1. The van der Waals surface area contributed by atoms with Crippen molar-refractivity contribution in [1.29, 1.82) is 0 Å². The molecule has 2 aromatic heterocycles. The van der Waals surface area contributed by atoms with Gasteiger partial charge in [0.1, 0.15) is 21.4 Å². The number of pyridine rings is 1. The molecule has 0 atom stereocenters. The average molecular weight is 578 g/mol. The minimum absolute atomic E-state index is 0.0752. The van der Waals surface area contributed by atoms with Crippen molar-refractivity contribution in [3.63, 3.8) is 0 Å². The Hall–Kier alpha value is -2.48. The van der Waals surface area contributed by atoms with Crippen LogP contribution in [0.3, 0.4) is 0 Å². The first-order valence-electron chi connectivity index (χ1n) is 12.4. The van der Waals surface area contributed by atoms with Gasteiger partial charge in [0.25, 0.3) is 5.91 Å². The number of amides is 1. The second-order valence-electron chi connectivity index (χ2n) is 9.31. The molecule has 0 aromatic carbocycles. The van der Waals surface area contributed by atoms with Gasteiger partial charge in [-0.05, 0) is 57.2 Å². The largest absolute Gasteiger partial charge is 0.496 e. The Morgan fingerprint density at radius 1 is 1.26 bits per heavy atom. The zero-order valence-corrected chi connectivity index (χ0v) is 23.5. The van der Waals surface area contributed by atoms with Crippen LogP contribution in [0, 0.1) is 12.8 Å². The third-order valence-electron chi connectivity index (χ3n) is 6.67. The second kappa shape index (κ2) is 12.6. The first-order chi connectivity index (χ1) is 17.8. The van der Waals surface area contributed by atoms with E-state index in [1.165, 1.54) is 13.4 Å². The Bertz CT molecular complexity index is 1230. The molecule has 2 aromatic rings. The summed E-state index contributed by atoms with van der Waals surface area (Å²) in [6.45, 7) is 4.69. The van der Waals surface area contributed by atoms with Gasteiger partial charge in [0.15, 0.2) is 5.69 Å². The second-order valence-corrected chi connectivity index (χ2v) is 12.8. The van der Waals surface area contributed by atoms with Crippen LogP contribution >= 0.6 is 11.8 Å². The first-order valence-corrected chi connectivity index (χ1v) is 15.3.